The maximum absolute atomic E-state index is 11.3. The van der Waals surface area contributed by atoms with E-state index in [-0.39, 0.29) is 4.90 Å². The Morgan fingerprint density at radius 3 is 2.25 bits per heavy atom. The Bertz CT molecular complexity index is 367. The minimum Gasteiger partial charge on any atom is -0.219 e. The van der Waals surface area contributed by atoms with Gasteiger partial charge in [0.1, 0.15) is 0 Å². The second-order valence-electron chi connectivity index (χ2n) is 2.12. The largest absolute Gasteiger partial charge is 0.219 e. The summed E-state index contributed by atoms with van der Waals surface area (Å²) in [7, 11) is -3.32. The predicted molar refractivity (Wildman–Crippen MR) is 48.6 cm³/mol. The topological polar surface area (TPSA) is 34.1 Å². The molecule has 0 N–H and O–H groups in total. The summed E-state index contributed by atoms with van der Waals surface area (Å²) in [6.07, 6.45) is 0. The van der Waals surface area contributed by atoms with Crippen LogP contribution in [0.5, 0.6) is 0 Å². The van der Waals surface area contributed by atoms with Crippen LogP contribution in [0.15, 0.2) is 46.2 Å². The molecule has 12 heavy (non-hydrogen) atoms. The van der Waals surface area contributed by atoms with Crippen LogP contribution in [0.25, 0.3) is 0 Å². The number of hydrogen-bond donors (Lipinski definition) is 0. The number of halogens is 1. The molecule has 1 aromatic rings. The van der Waals surface area contributed by atoms with E-state index in [1.165, 1.54) is 12.1 Å². The number of sulfone groups is 1. The summed E-state index contributed by atoms with van der Waals surface area (Å²) in [5.74, 6) is 0. The SMILES string of the molecule is O=S(=O)(/C=C/Cl)c1ccccc1. The average Bonchev–Trinajstić information content (AvgIpc) is 2.06. The van der Waals surface area contributed by atoms with Crippen LogP contribution in [0.3, 0.4) is 0 Å². The maximum Gasteiger partial charge on any atom is 0.200 e. The van der Waals surface area contributed by atoms with Crippen LogP contribution < -0.4 is 0 Å². The van der Waals surface area contributed by atoms with Crippen LogP contribution >= 0.6 is 11.6 Å². The molecule has 1 rings (SSSR count). The standard InChI is InChI=1S/C8H7ClO2S/c9-6-7-12(10,11)8-4-2-1-3-5-8/h1-7H/b7-6+. The van der Waals surface area contributed by atoms with E-state index in [2.05, 4.69) is 0 Å². The fourth-order valence-corrected chi connectivity index (χ4v) is 1.99. The first-order valence-corrected chi connectivity index (χ1v) is 5.22. The number of hydrogen-bond acceptors (Lipinski definition) is 2. The van der Waals surface area contributed by atoms with Gasteiger partial charge in [0.05, 0.1) is 4.90 Å². The molecular weight excluding hydrogens is 196 g/mol. The second-order valence-corrected chi connectivity index (χ2v) is 4.21. The van der Waals surface area contributed by atoms with Crippen LogP contribution in [0, 0.1) is 0 Å². The molecular formula is C8H7ClO2S. The van der Waals surface area contributed by atoms with Crippen molar-refractivity contribution in [2.24, 2.45) is 0 Å². The average molecular weight is 203 g/mol. The van der Waals surface area contributed by atoms with Crippen molar-refractivity contribution in [1.29, 1.82) is 0 Å². The molecule has 0 aliphatic heterocycles. The van der Waals surface area contributed by atoms with E-state index in [0.29, 0.717) is 0 Å². The van der Waals surface area contributed by atoms with Crippen LogP contribution in [0.4, 0.5) is 0 Å². The molecule has 4 heteroatoms. The monoisotopic (exact) mass is 202 g/mol. The Labute approximate surface area is 76.4 Å². The molecule has 2 nitrogen and oxygen atoms in total. The Balaban J connectivity index is 3.16. The zero-order chi connectivity index (χ0) is 9.03. The van der Waals surface area contributed by atoms with Crippen molar-refractivity contribution in [2.75, 3.05) is 0 Å². The van der Waals surface area contributed by atoms with Gasteiger partial charge in [-0.3, -0.25) is 0 Å². The number of benzene rings is 1. The van der Waals surface area contributed by atoms with Crippen molar-refractivity contribution in [3.63, 3.8) is 0 Å². The van der Waals surface area contributed by atoms with Crippen molar-refractivity contribution in [1.82, 2.24) is 0 Å². The summed E-state index contributed by atoms with van der Waals surface area (Å²) in [6.45, 7) is 0. The van der Waals surface area contributed by atoms with Gasteiger partial charge in [0, 0.05) is 10.9 Å². The van der Waals surface area contributed by atoms with E-state index in [1.54, 1.807) is 18.2 Å². The highest BCUT2D eigenvalue weighted by Crippen LogP contribution is 2.10. The molecule has 0 bridgehead atoms. The summed E-state index contributed by atoms with van der Waals surface area (Å²) in [4.78, 5) is 0.252. The van der Waals surface area contributed by atoms with Gasteiger partial charge in [0.2, 0.25) is 9.84 Å². The van der Waals surface area contributed by atoms with Crippen LogP contribution in [-0.4, -0.2) is 8.42 Å². The quantitative estimate of drug-likeness (QED) is 0.737. The first-order chi connectivity index (χ1) is 5.67. The van der Waals surface area contributed by atoms with Crippen molar-refractivity contribution in [2.45, 2.75) is 4.90 Å². The molecule has 0 atom stereocenters. The highest BCUT2D eigenvalue weighted by Gasteiger charge is 2.07. The Morgan fingerprint density at radius 1 is 1.17 bits per heavy atom. The van der Waals surface area contributed by atoms with E-state index >= 15 is 0 Å². The molecule has 64 valence electrons. The van der Waals surface area contributed by atoms with E-state index in [0.717, 1.165) is 10.9 Å². The zero-order valence-electron chi connectivity index (χ0n) is 6.14. The molecule has 0 amide bonds. The van der Waals surface area contributed by atoms with E-state index < -0.39 is 9.84 Å². The molecule has 0 saturated heterocycles. The van der Waals surface area contributed by atoms with Gasteiger partial charge in [-0.1, -0.05) is 29.8 Å². The first-order valence-electron chi connectivity index (χ1n) is 3.24. The Hall–Kier alpha value is -0.800. The minimum atomic E-state index is -3.32. The first kappa shape index (κ1) is 9.29. The van der Waals surface area contributed by atoms with Gasteiger partial charge < -0.3 is 0 Å². The Morgan fingerprint density at radius 2 is 1.75 bits per heavy atom. The van der Waals surface area contributed by atoms with Gasteiger partial charge in [-0.25, -0.2) is 8.42 Å². The van der Waals surface area contributed by atoms with Crippen molar-refractivity contribution < 1.29 is 8.42 Å². The van der Waals surface area contributed by atoms with Gasteiger partial charge in [0.15, 0.2) is 0 Å². The van der Waals surface area contributed by atoms with Crippen molar-refractivity contribution in [3.8, 4) is 0 Å². The summed E-state index contributed by atoms with van der Waals surface area (Å²) < 4.78 is 22.5. The third kappa shape index (κ3) is 2.09. The summed E-state index contributed by atoms with van der Waals surface area (Å²) >= 11 is 5.18. The van der Waals surface area contributed by atoms with Gasteiger partial charge in [0.25, 0.3) is 0 Å². The summed E-state index contributed by atoms with van der Waals surface area (Å²) in [5, 5.41) is 0.962. The lowest BCUT2D eigenvalue weighted by Crippen LogP contribution is -1.94. The van der Waals surface area contributed by atoms with Crippen molar-refractivity contribution in [3.05, 3.63) is 41.3 Å². The van der Waals surface area contributed by atoms with Crippen LogP contribution in [0.2, 0.25) is 0 Å². The fourth-order valence-electron chi connectivity index (χ4n) is 0.756. The van der Waals surface area contributed by atoms with Gasteiger partial charge in [-0.05, 0) is 12.1 Å². The molecule has 0 fully saturated rings. The zero-order valence-corrected chi connectivity index (χ0v) is 7.72. The molecule has 0 aromatic heterocycles. The van der Waals surface area contributed by atoms with Gasteiger partial charge in [-0.15, -0.1) is 0 Å². The van der Waals surface area contributed by atoms with E-state index in [4.69, 9.17) is 11.6 Å². The lowest BCUT2D eigenvalue weighted by Gasteiger charge is -1.95. The van der Waals surface area contributed by atoms with Crippen LogP contribution in [0.1, 0.15) is 0 Å². The molecule has 1 aromatic carbocycles. The van der Waals surface area contributed by atoms with Gasteiger partial charge in [-0.2, -0.15) is 0 Å². The second kappa shape index (κ2) is 3.74. The van der Waals surface area contributed by atoms with E-state index in [9.17, 15) is 8.42 Å². The van der Waals surface area contributed by atoms with Crippen LogP contribution in [-0.2, 0) is 9.84 Å². The van der Waals surface area contributed by atoms with E-state index in [1.807, 2.05) is 0 Å². The molecule has 0 radical (unpaired) electrons. The third-order valence-electron chi connectivity index (χ3n) is 1.30. The minimum absolute atomic E-state index is 0.252. The summed E-state index contributed by atoms with van der Waals surface area (Å²) in [6, 6.07) is 8.12. The molecule has 0 spiro atoms. The highest BCUT2D eigenvalue weighted by molar-refractivity contribution is 7.94. The third-order valence-corrected chi connectivity index (χ3v) is 3.00. The fraction of sp³-hybridized carbons (Fsp3) is 0. The molecule has 0 heterocycles. The molecule has 0 aliphatic carbocycles. The molecule has 0 aliphatic rings. The molecule has 0 saturated carbocycles. The van der Waals surface area contributed by atoms with Gasteiger partial charge >= 0.3 is 0 Å². The summed E-state index contributed by atoms with van der Waals surface area (Å²) in [5.41, 5.74) is 0.988. The Kier molecular flexibility index (Phi) is 2.89. The normalized spacial score (nSPS) is 12.1. The number of rotatable bonds is 2. The predicted octanol–water partition coefficient (Wildman–Crippen LogP) is 2.17. The lowest BCUT2D eigenvalue weighted by atomic mass is 10.4. The highest BCUT2D eigenvalue weighted by atomic mass is 35.5. The lowest BCUT2D eigenvalue weighted by molar-refractivity contribution is 0.604. The molecule has 0 unspecified atom stereocenters. The maximum atomic E-state index is 11.3. The van der Waals surface area contributed by atoms with Crippen molar-refractivity contribution >= 4 is 21.4 Å². The smallest absolute Gasteiger partial charge is 0.200 e.